The van der Waals surface area contributed by atoms with Gasteiger partial charge in [0.15, 0.2) is 0 Å². The van der Waals surface area contributed by atoms with Crippen LogP contribution in [0.1, 0.15) is 57.4 Å². The molecule has 0 bridgehead atoms. The zero-order valence-electron chi connectivity index (χ0n) is 13.6. The average molecular weight is 285 g/mol. The normalized spacial score (nSPS) is 27.9. The van der Waals surface area contributed by atoms with Gasteiger partial charge in [-0.1, -0.05) is 32.0 Å². The molecular weight excluding hydrogens is 258 g/mol. The van der Waals surface area contributed by atoms with Crippen molar-refractivity contribution in [2.24, 2.45) is 11.8 Å². The van der Waals surface area contributed by atoms with Crippen LogP contribution in [-0.2, 0) is 0 Å². The van der Waals surface area contributed by atoms with Crippen LogP contribution in [0, 0.1) is 18.8 Å². The minimum Gasteiger partial charge on any atom is -0.459 e. The Kier molecular flexibility index (Phi) is 4.08. The molecule has 4 atom stereocenters. The second-order valence-corrected chi connectivity index (χ2v) is 6.98. The van der Waals surface area contributed by atoms with Crippen molar-refractivity contribution in [1.29, 1.82) is 0 Å². The lowest BCUT2D eigenvalue weighted by Crippen LogP contribution is -2.40. The monoisotopic (exact) mass is 285 g/mol. The molecule has 114 valence electrons. The SMILES string of the molecule is Cc1c(C(C)NC2CCC(C)CC2C)oc2ccccc12. The summed E-state index contributed by atoms with van der Waals surface area (Å²) in [5.41, 5.74) is 2.28. The largest absolute Gasteiger partial charge is 0.459 e. The predicted molar refractivity (Wildman–Crippen MR) is 88.5 cm³/mol. The summed E-state index contributed by atoms with van der Waals surface area (Å²) in [6.45, 7) is 9.16. The van der Waals surface area contributed by atoms with Gasteiger partial charge in [-0.25, -0.2) is 0 Å². The van der Waals surface area contributed by atoms with Crippen LogP contribution >= 0.6 is 0 Å². The van der Waals surface area contributed by atoms with Gasteiger partial charge in [0.1, 0.15) is 11.3 Å². The summed E-state index contributed by atoms with van der Waals surface area (Å²) in [7, 11) is 0. The minimum atomic E-state index is 0.276. The van der Waals surface area contributed by atoms with Crippen molar-refractivity contribution in [3.8, 4) is 0 Å². The first-order chi connectivity index (χ1) is 10.1. The molecule has 2 heteroatoms. The molecule has 0 radical (unpaired) electrons. The second kappa shape index (κ2) is 5.84. The van der Waals surface area contributed by atoms with Gasteiger partial charge in [-0.2, -0.15) is 0 Å². The highest BCUT2D eigenvalue weighted by Crippen LogP contribution is 2.33. The third-order valence-corrected chi connectivity index (χ3v) is 5.17. The fourth-order valence-electron chi connectivity index (χ4n) is 3.92. The molecule has 3 rings (SSSR count). The van der Waals surface area contributed by atoms with Gasteiger partial charge in [0.05, 0.1) is 6.04 Å². The van der Waals surface area contributed by atoms with Gasteiger partial charge in [-0.05, 0) is 56.6 Å². The number of furan rings is 1. The Balaban J connectivity index is 1.78. The Hall–Kier alpha value is -1.28. The zero-order valence-corrected chi connectivity index (χ0v) is 13.6. The summed E-state index contributed by atoms with van der Waals surface area (Å²) in [6.07, 6.45) is 3.96. The lowest BCUT2D eigenvalue weighted by molar-refractivity contribution is 0.211. The summed E-state index contributed by atoms with van der Waals surface area (Å²) in [6, 6.07) is 9.22. The van der Waals surface area contributed by atoms with Gasteiger partial charge in [0.2, 0.25) is 0 Å². The summed E-state index contributed by atoms with van der Waals surface area (Å²) in [5, 5.41) is 5.06. The van der Waals surface area contributed by atoms with Crippen molar-refractivity contribution < 1.29 is 4.42 Å². The number of fused-ring (bicyclic) bond motifs is 1. The number of para-hydroxylation sites is 1. The van der Waals surface area contributed by atoms with Gasteiger partial charge < -0.3 is 9.73 Å². The Morgan fingerprint density at radius 2 is 1.95 bits per heavy atom. The molecule has 21 heavy (non-hydrogen) atoms. The fraction of sp³-hybridized carbons (Fsp3) is 0.579. The molecule has 1 aliphatic carbocycles. The Morgan fingerprint density at radius 3 is 2.67 bits per heavy atom. The Morgan fingerprint density at radius 1 is 1.19 bits per heavy atom. The second-order valence-electron chi connectivity index (χ2n) is 6.98. The van der Waals surface area contributed by atoms with Crippen molar-refractivity contribution in [2.45, 2.75) is 59.0 Å². The molecule has 1 N–H and O–H groups in total. The van der Waals surface area contributed by atoms with Crippen molar-refractivity contribution in [3.05, 3.63) is 35.6 Å². The molecule has 1 aliphatic rings. The van der Waals surface area contributed by atoms with Crippen LogP contribution in [0.5, 0.6) is 0 Å². The van der Waals surface area contributed by atoms with E-state index in [1.165, 1.54) is 30.2 Å². The maximum Gasteiger partial charge on any atom is 0.134 e. The number of nitrogens with one attached hydrogen (secondary N) is 1. The summed E-state index contributed by atoms with van der Waals surface area (Å²) in [5.74, 6) is 2.73. The van der Waals surface area contributed by atoms with Crippen LogP contribution in [0.15, 0.2) is 28.7 Å². The highest BCUT2D eigenvalue weighted by Gasteiger charge is 2.27. The molecule has 0 spiro atoms. The molecule has 0 amide bonds. The first-order valence-electron chi connectivity index (χ1n) is 8.30. The van der Waals surface area contributed by atoms with E-state index in [-0.39, 0.29) is 6.04 Å². The smallest absolute Gasteiger partial charge is 0.134 e. The molecule has 1 fully saturated rings. The number of hydrogen-bond donors (Lipinski definition) is 1. The van der Waals surface area contributed by atoms with E-state index in [0.717, 1.165) is 23.2 Å². The first-order valence-corrected chi connectivity index (χ1v) is 8.30. The topological polar surface area (TPSA) is 25.2 Å². The average Bonchev–Trinajstić information content (AvgIpc) is 2.80. The van der Waals surface area contributed by atoms with E-state index in [0.29, 0.717) is 6.04 Å². The van der Waals surface area contributed by atoms with Gasteiger partial charge >= 0.3 is 0 Å². The molecule has 1 heterocycles. The standard InChI is InChI=1S/C19H27NO/c1-12-9-10-17(13(2)11-12)20-15(4)19-14(3)16-7-5-6-8-18(16)21-19/h5-8,12-13,15,17,20H,9-11H2,1-4H3. The molecule has 1 saturated carbocycles. The van der Waals surface area contributed by atoms with Crippen LogP contribution in [0.2, 0.25) is 0 Å². The van der Waals surface area contributed by atoms with Crippen LogP contribution in [0.4, 0.5) is 0 Å². The Labute approximate surface area is 127 Å². The zero-order chi connectivity index (χ0) is 15.0. The van der Waals surface area contributed by atoms with E-state index >= 15 is 0 Å². The highest BCUT2D eigenvalue weighted by atomic mass is 16.3. The van der Waals surface area contributed by atoms with E-state index in [1.807, 2.05) is 6.07 Å². The van der Waals surface area contributed by atoms with Crippen LogP contribution in [0.25, 0.3) is 11.0 Å². The van der Waals surface area contributed by atoms with Crippen LogP contribution in [0.3, 0.4) is 0 Å². The van der Waals surface area contributed by atoms with E-state index in [2.05, 4.69) is 51.2 Å². The van der Waals surface area contributed by atoms with E-state index in [4.69, 9.17) is 4.42 Å². The van der Waals surface area contributed by atoms with Gasteiger partial charge in [0, 0.05) is 11.4 Å². The van der Waals surface area contributed by atoms with Gasteiger partial charge in [-0.3, -0.25) is 0 Å². The van der Waals surface area contributed by atoms with E-state index < -0.39 is 0 Å². The van der Waals surface area contributed by atoms with Gasteiger partial charge in [-0.15, -0.1) is 0 Å². The third-order valence-electron chi connectivity index (χ3n) is 5.17. The van der Waals surface area contributed by atoms with Crippen molar-refractivity contribution in [1.82, 2.24) is 5.32 Å². The van der Waals surface area contributed by atoms with Crippen molar-refractivity contribution >= 4 is 11.0 Å². The molecule has 2 aromatic rings. The third kappa shape index (κ3) is 2.87. The lowest BCUT2D eigenvalue weighted by atomic mass is 9.79. The number of benzene rings is 1. The fourth-order valence-corrected chi connectivity index (χ4v) is 3.92. The number of aryl methyl sites for hydroxylation is 1. The lowest BCUT2D eigenvalue weighted by Gasteiger charge is -2.35. The van der Waals surface area contributed by atoms with E-state index in [1.54, 1.807) is 0 Å². The quantitative estimate of drug-likeness (QED) is 0.836. The summed E-state index contributed by atoms with van der Waals surface area (Å²) < 4.78 is 6.10. The summed E-state index contributed by atoms with van der Waals surface area (Å²) in [4.78, 5) is 0. The molecule has 2 nitrogen and oxygen atoms in total. The summed E-state index contributed by atoms with van der Waals surface area (Å²) >= 11 is 0. The number of hydrogen-bond acceptors (Lipinski definition) is 2. The molecule has 0 aliphatic heterocycles. The van der Waals surface area contributed by atoms with Crippen LogP contribution in [-0.4, -0.2) is 6.04 Å². The molecule has 1 aromatic heterocycles. The maximum absolute atomic E-state index is 6.10. The van der Waals surface area contributed by atoms with Gasteiger partial charge in [0.25, 0.3) is 0 Å². The van der Waals surface area contributed by atoms with Crippen molar-refractivity contribution in [3.63, 3.8) is 0 Å². The highest BCUT2D eigenvalue weighted by molar-refractivity contribution is 5.82. The molecular formula is C19H27NO. The molecule has 4 unspecified atom stereocenters. The minimum absolute atomic E-state index is 0.276. The Bertz CT molecular complexity index is 615. The van der Waals surface area contributed by atoms with Crippen LogP contribution < -0.4 is 5.32 Å². The predicted octanol–water partition coefficient (Wildman–Crippen LogP) is 5.22. The maximum atomic E-state index is 6.10. The first kappa shape index (κ1) is 14.6. The molecule has 1 aromatic carbocycles. The number of rotatable bonds is 3. The molecule has 0 saturated heterocycles. The van der Waals surface area contributed by atoms with E-state index in [9.17, 15) is 0 Å². The van der Waals surface area contributed by atoms with Crippen molar-refractivity contribution in [2.75, 3.05) is 0 Å².